The zero-order chi connectivity index (χ0) is 24.8. The molecule has 6 nitrogen and oxygen atoms in total. The fourth-order valence-electron chi connectivity index (χ4n) is 4.28. The van der Waals surface area contributed by atoms with Crippen molar-refractivity contribution < 1.29 is 14.3 Å². The normalized spacial score (nSPS) is 14.0. The zero-order valence-corrected chi connectivity index (χ0v) is 20.2. The van der Waals surface area contributed by atoms with Crippen LogP contribution in [0.5, 0.6) is 11.5 Å². The van der Waals surface area contributed by atoms with Crippen LogP contribution in [0.3, 0.4) is 0 Å². The highest BCUT2D eigenvalue weighted by molar-refractivity contribution is 6.00. The molecule has 0 radical (unpaired) electrons. The number of carbonyl (C=O) groups excluding carboxylic acids is 2. The molecule has 0 bridgehead atoms. The van der Waals surface area contributed by atoms with Crippen LogP contribution in [0.2, 0.25) is 0 Å². The van der Waals surface area contributed by atoms with Crippen molar-refractivity contribution in [2.24, 2.45) is 0 Å². The lowest BCUT2D eigenvalue weighted by Crippen LogP contribution is -2.37. The van der Waals surface area contributed by atoms with Gasteiger partial charge in [-0.25, -0.2) is 0 Å². The second-order valence-electron chi connectivity index (χ2n) is 9.00. The topological polar surface area (TPSA) is 71.5 Å². The Morgan fingerprint density at radius 1 is 1.00 bits per heavy atom. The predicted octanol–water partition coefficient (Wildman–Crippen LogP) is 5.57. The molecule has 2 amide bonds. The molecular formula is C29H31N3O3. The van der Waals surface area contributed by atoms with E-state index < -0.39 is 0 Å². The number of carbonyl (C=O) groups is 2. The van der Waals surface area contributed by atoms with E-state index in [0.717, 1.165) is 29.8 Å². The molecule has 2 aromatic carbocycles. The molecule has 2 heterocycles. The van der Waals surface area contributed by atoms with Gasteiger partial charge in [-0.1, -0.05) is 24.8 Å². The van der Waals surface area contributed by atoms with Crippen LogP contribution in [0, 0.1) is 0 Å². The summed E-state index contributed by atoms with van der Waals surface area (Å²) in [6.07, 6.45) is 3.02. The molecule has 0 unspecified atom stereocenters. The van der Waals surface area contributed by atoms with Crippen LogP contribution in [0.1, 0.15) is 48.7 Å². The number of amides is 2. The van der Waals surface area contributed by atoms with Gasteiger partial charge in [0, 0.05) is 36.3 Å². The van der Waals surface area contributed by atoms with Gasteiger partial charge in [-0.05, 0) is 81.3 Å². The van der Waals surface area contributed by atoms with E-state index in [1.54, 1.807) is 0 Å². The third kappa shape index (κ3) is 5.96. The average molecular weight is 470 g/mol. The summed E-state index contributed by atoms with van der Waals surface area (Å²) in [6, 6.07) is 21.1. The van der Waals surface area contributed by atoms with Gasteiger partial charge in [0.2, 0.25) is 5.91 Å². The first-order valence-corrected chi connectivity index (χ1v) is 12.0. The number of rotatable bonds is 7. The molecule has 1 N–H and O–H groups in total. The molecule has 3 aromatic rings. The summed E-state index contributed by atoms with van der Waals surface area (Å²) in [7, 11) is 0. The second-order valence-corrected chi connectivity index (χ2v) is 9.00. The molecule has 0 atom stereocenters. The maximum atomic E-state index is 13.0. The van der Waals surface area contributed by atoms with E-state index in [9.17, 15) is 9.59 Å². The molecule has 1 aromatic heterocycles. The van der Waals surface area contributed by atoms with Crippen LogP contribution >= 0.6 is 0 Å². The van der Waals surface area contributed by atoms with Gasteiger partial charge in [-0.3, -0.25) is 14.6 Å². The van der Waals surface area contributed by atoms with Crippen molar-refractivity contribution >= 4 is 11.8 Å². The molecule has 1 aliphatic heterocycles. The van der Waals surface area contributed by atoms with Gasteiger partial charge < -0.3 is 15.0 Å². The molecule has 180 valence electrons. The van der Waals surface area contributed by atoms with Crippen molar-refractivity contribution in [2.45, 2.75) is 38.6 Å². The molecular weight excluding hydrogens is 438 g/mol. The number of nitrogens with zero attached hydrogens (tertiary/aromatic N) is 2. The minimum atomic E-state index is -0.148. The van der Waals surface area contributed by atoms with Gasteiger partial charge in [0.05, 0.1) is 11.3 Å². The molecule has 0 saturated carbocycles. The quantitative estimate of drug-likeness (QED) is 0.459. The summed E-state index contributed by atoms with van der Waals surface area (Å²) in [5.74, 6) is 1.52. The molecule has 0 aliphatic carbocycles. The molecule has 1 fully saturated rings. The number of nitrogens with one attached hydrogen (secondary N) is 1. The Morgan fingerprint density at radius 2 is 1.66 bits per heavy atom. The van der Waals surface area contributed by atoms with E-state index in [0.29, 0.717) is 30.1 Å². The lowest BCUT2D eigenvalue weighted by Gasteiger charge is -2.31. The molecule has 6 heteroatoms. The average Bonchev–Trinajstić information content (AvgIpc) is 2.88. The SMILES string of the molecule is C=CC(=O)N1CCC(c2ccc(C(=O)NC(C)C)c(-c3ccc(Oc4ccccc4)cc3)n2)CC1. The van der Waals surface area contributed by atoms with Gasteiger partial charge in [-0.15, -0.1) is 0 Å². The first-order chi connectivity index (χ1) is 16.9. The zero-order valence-electron chi connectivity index (χ0n) is 20.2. The van der Waals surface area contributed by atoms with Crippen LogP contribution in [-0.2, 0) is 4.79 Å². The Hall–Kier alpha value is -3.93. The van der Waals surface area contributed by atoms with E-state index in [4.69, 9.17) is 9.72 Å². The van der Waals surface area contributed by atoms with Crippen LogP contribution in [0.4, 0.5) is 0 Å². The summed E-state index contributed by atoms with van der Waals surface area (Å²) in [4.78, 5) is 31.7. The summed E-state index contributed by atoms with van der Waals surface area (Å²) in [5.41, 5.74) is 2.98. The Morgan fingerprint density at radius 3 is 2.29 bits per heavy atom. The first-order valence-electron chi connectivity index (χ1n) is 12.0. The third-order valence-electron chi connectivity index (χ3n) is 6.09. The largest absolute Gasteiger partial charge is 0.457 e. The number of benzene rings is 2. The fraction of sp³-hybridized carbons (Fsp3) is 0.276. The number of ether oxygens (including phenoxy) is 1. The van der Waals surface area contributed by atoms with Crippen molar-refractivity contribution in [3.63, 3.8) is 0 Å². The van der Waals surface area contributed by atoms with Crippen molar-refractivity contribution in [3.05, 3.63) is 90.6 Å². The van der Waals surface area contributed by atoms with Gasteiger partial charge in [0.25, 0.3) is 5.91 Å². The molecule has 1 saturated heterocycles. The highest BCUT2D eigenvalue weighted by Crippen LogP contribution is 2.32. The maximum absolute atomic E-state index is 13.0. The number of piperidine rings is 1. The Balaban J connectivity index is 1.61. The lowest BCUT2D eigenvalue weighted by atomic mass is 9.91. The van der Waals surface area contributed by atoms with Crippen molar-refractivity contribution in [1.82, 2.24) is 15.2 Å². The van der Waals surface area contributed by atoms with Gasteiger partial charge in [-0.2, -0.15) is 0 Å². The van der Waals surface area contributed by atoms with Crippen molar-refractivity contribution in [3.8, 4) is 22.8 Å². The fourth-order valence-corrected chi connectivity index (χ4v) is 4.28. The maximum Gasteiger partial charge on any atom is 0.253 e. The smallest absolute Gasteiger partial charge is 0.253 e. The van der Waals surface area contributed by atoms with Crippen LogP contribution in [-0.4, -0.2) is 40.8 Å². The van der Waals surface area contributed by atoms with E-state index in [2.05, 4.69) is 11.9 Å². The predicted molar refractivity (Wildman–Crippen MR) is 138 cm³/mol. The highest BCUT2D eigenvalue weighted by Gasteiger charge is 2.25. The van der Waals surface area contributed by atoms with Crippen LogP contribution < -0.4 is 10.1 Å². The number of likely N-dealkylation sites (tertiary alicyclic amines) is 1. The standard InChI is InChI=1S/C29H31N3O3/c1-4-27(33)32-18-16-21(17-19-32)26-15-14-25(29(34)30-20(2)3)28(31-26)22-10-12-24(13-11-22)35-23-8-6-5-7-9-23/h4-15,20-21H,1,16-19H2,2-3H3,(H,30,34). The molecule has 35 heavy (non-hydrogen) atoms. The monoisotopic (exact) mass is 469 g/mol. The van der Waals surface area contributed by atoms with Crippen LogP contribution in [0.15, 0.2) is 79.4 Å². The minimum Gasteiger partial charge on any atom is -0.457 e. The highest BCUT2D eigenvalue weighted by atomic mass is 16.5. The Labute approximate surface area is 206 Å². The van der Waals surface area contributed by atoms with Gasteiger partial charge in [0.15, 0.2) is 0 Å². The molecule has 1 aliphatic rings. The van der Waals surface area contributed by atoms with Gasteiger partial charge >= 0.3 is 0 Å². The summed E-state index contributed by atoms with van der Waals surface area (Å²) < 4.78 is 5.92. The Kier molecular flexibility index (Phi) is 7.60. The van der Waals surface area contributed by atoms with Crippen LogP contribution in [0.25, 0.3) is 11.3 Å². The number of hydrogen-bond acceptors (Lipinski definition) is 4. The summed E-state index contributed by atoms with van der Waals surface area (Å²) >= 11 is 0. The lowest BCUT2D eigenvalue weighted by molar-refractivity contribution is -0.127. The molecule has 0 spiro atoms. The van der Waals surface area contributed by atoms with E-state index in [-0.39, 0.29) is 23.8 Å². The number of pyridine rings is 1. The Bertz CT molecular complexity index is 1180. The van der Waals surface area contributed by atoms with Crippen molar-refractivity contribution in [2.75, 3.05) is 13.1 Å². The van der Waals surface area contributed by atoms with E-state index in [1.165, 1.54) is 6.08 Å². The van der Waals surface area contributed by atoms with Gasteiger partial charge in [0.1, 0.15) is 11.5 Å². The first kappa shape index (κ1) is 24.2. The molecule has 4 rings (SSSR count). The summed E-state index contributed by atoms with van der Waals surface area (Å²) in [5, 5.41) is 2.98. The third-order valence-corrected chi connectivity index (χ3v) is 6.09. The number of para-hydroxylation sites is 1. The van der Waals surface area contributed by atoms with E-state index in [1.807, 2.05) is 85.5 Å². The number of hydrogen-bond donors (Lipinski definition) is 1. The van der Waals surface area contributed by atoms with Crippen molar-refractivity contribution in [1.29, 1.82) is 0 Å². The number of aromatic nitrogens is 1. The second kappa shape index (κ2) is 11.0. The summed E-state index contributed by atoms with van der Waals surface area (Å²) in [6.45, 7) is 8.81. The minimum absolute atomic E-state index is 0.0170. The van der Waals surface area contributed by atoms with E-state index >= 15 is 0 Å².